The number of nitrogens with one attached hydrogen (secondary N) is 1. The van der Waals surface area contributed by atoms with Crippen LogP contribution in [0.5, 0.6) is 5.75 Å². The molecule has 0 radical (unpaired) electrons. The Balaban J connectivity index is 1.73. The molecule has 1 aliphatic rings. The van der Waals surface area contributed by atoms with Gasteiger partial charge in [0, 0.05) is 29.2 Å². The van der Waals surface area contributed by atoms with Gasteiger partial charge >= 0.3 is 0 Å². The molecule has 0 bridgehead atoms. The Labute approximate surface area is 161 Å². The average molecular weight is 387 g/mol. The molecule has 1 N–H and O–H groups in total. The smallest absolute Gasteiger partial charge is 0.298 e. The van der Waals surface area contributed by atoms with E-state index in [9.17, 15) is 4.79 Å². The maximum atomic E-state index is 10.9. The number of carbonyl (C=O) groups excluding carboxylic acids is 1. The van der Waals surface area contributed by atoms with E-state index in [1.54, 1.807) is 30.7 Å². The summed E-state index contributed by atoms with van der Waals surface area (Å²) in [6.07, 6.45) is 5.63. The number of piperidine rings is 1. The summed E-state index contributed by atoms with van der Waals surface area (Å²) < 4.78 is 6.94. The van der Waals surface area contributed by atoms with Crippen molar-refractivity contribution in [3.05, 3.63) is 35.7 Å². The van der Waals surface area contributed by atoms with Crippen LogP contribution in [-0.4, -0.2) is 57.1 Å². The van der Waals surface area contributed by atoms with Crippen LogP contribution in [0.15, 0.2) is 30.7 Å². The van der Waals surface area contributed by atoms with Crippen LogP contribution in [-0.2, 0) is 4.79 Å². The fraction of sp³-hybridized carbons (Fsp3) is 0.333. The number of imidazole rings is 1. The minimum Gasteiger partial charge on any atom is -0.428 e. The normalized spacial score (nSPS) is 17.8. The zero-order valence-corrected chi connectivity index (χ0v) is 15.6. The number of anilines is 1. The predicted molar refractivity (Wildman–Crippen MR) is 102 cm³/mol. The summed E-state index contributed by atoms with van der Waals surface area (Å²) in [5, 5.41) is 12.7. The van der Waals surface area contributed by atoms with Gasteiger partial charge in [0.1, 0.15) is 17.8 Å². The summed E-state index contributed by atoms with van der Waals surface area (Å²) in [6.45, 7) is 2.43. The van der Waals surface area contributed by atoms with Crippen LogP contribution in [0, 0.1) is 0 Å². The summed E-state index contributed by atoms with van der Waals surface area (Å²) >= 11 is 6.02. The predicted octanol–water partition coefficient (Wildman–Crippen LogP) is 2.49. The van der Waals surface area contributed by atoms with Crippen molar-refractivity contribution < 1.29 is 9.53 Å². The highest BCUT2D eigenvalue weighted by molar-refractivity contribution is 6.30. The second kappa shape index (κ2) is 7.50. The fourth-order valence-electron chi connectivity index (χ4n) is 3.43. The quantitative estimate of drug-likeness (QED) is 0.674. The van der Waals surface area contributed by atoms with Gasteiger partial charge in [0.25, 0.3) is 6.47 Å². The second-order valence-electron chi connectivity index (χ2n) is 6.62. The molecule has 1 aromatic carbocycles. The first-order chi connectivity index (χ1) is 13.2. The molecule has 3 heterocycles. The largest absolute Gasteiger partial charge is 0.428 e. The highest BCUT2D eigenvalue weighted by Gasteiger charge is 2.20. The molecular formula is C18H19ClN6O2. The maximum Gasteiger partial charge on any atom is 0.298 e. The number of ether oxygens (including phenoxy) is 1. The lowest BCUT2D eigenvalue weighted by Gasteiger charge is -2.30. The van der Waals surface area contributed by atoms with Crippen molar-refractivity contribution in [2.75, 3.05) is 25.5 Å². The van der Waals surface area contributed by atoms with Gasteiger partial charge in [-0.25, -0.2) is 4.98 Å². The topological polar surface area (TPSA) is 84.6 Å². The zero-order chi connectivity index (χ0) is 18.8. The molecule has 4 rings (SSSR count). The van der Waals surface area contributed by atoms with E-state index >= 15 is 0 Å². The summed E-state index contributed by atoms with van der Waals surface area (Å²) in [7, 11) is 2.12. The first-order valence-electron chi connectivity index (χ1n) is 8.70. The molecule has 0 spiro atoms. The third kappa shape index (κ3) is 3.58. The van der Waals surface area contributed by atoms with Crippen LogP contribution in [0.2, 0.25) is 5.02 Å². The van der Waals surface area contributed by atoms with Crippen LogP contribution in [0.25, 0.3) is 16.8 Å². The monoisotopic (exact) mass is 386 g/mol. The Kier molecular flexibility index (Phi) is 4.91. The average Bonchev–Trinajstić information content (AvgIpc) is 3.13. The molecule has 140 valence electrons. The highest BCUT2D eigenvalue weighted by atomic mass is 35.5. The first kappa shape index (κ1) is 17.7. The van der Waals surface area contributed by atoms with E-state index < -0.39 is 0 Å². The minimum absolute atomic E-state index is 0.305. The van der Waals surface area contributed by atoms with Gasteiger partial charge in [-0.05, 0) is 38.6 Å². The van der Waals surface area contributed by atoms with Gasteiger partial charge in [-0.3, -0.25) is 9.20 Å². The molecule has 0 aliphatic carbocycles. The maximum absolute atomic E-state index is 10.9. The lowest BCUT2D eigenvalue weighted by Crippen LogP contribution is -2.40. The highest BCUT2D eigenvalue weighted by Crippen LogP contribution is 2.34. The summed E-state index contributed by atoms with van der Waals surface area (Å²) in [5.41, 5.74) is 1.94. The summed E-state index contributed by atoms with van der Waals surface area (Å²) in [4.78, 5) is 17.4. The van der Waals surface area contributed by atoms with Gasteiger partial charge in [0.2, 0.25) is 5.95 Å². The molecule has 9 heteroatoms. The number of likely N-dealkylation sites (tertiary alicyclic amines) is 1. The fourth-order valence-corrected chi connectivity index (χ4v) is 3.60. The van der Waals surface area contributed by atoms with Crippen molar-refractivity contribution in [2.45, 2.75) is 18.9 Å². The first-order valence-corrected chi connectivity index (χ1v) is 9.07. The number of fused-ring (bicyclic) bond motifs is 1. The molecule has 1 atom stereocenters. The zero-order valence-electron chi connectivity index (χ0n) is 14.8. The van der Waals surface area contributed by atoms with Crippen LogP contribution >= 0.6 is 11.6 Å². The summed E-state index contributed by atoms with van der Waals surface area (Å²) in [6, 6.07) is 5.34. The number of hydrogen-bond donors (Lipinski definition) is 1. The molecule has 1 fully saturated rings. The number of halogens is 1. The molecule has 27 heavy (non-hydrogen) atoms. The molecule has 8 nitrogen and oxygen atoms in total. The van der Waals surface area contributed by atoms with Gasteiger partial charge in [0.05, 0.1) is 11.7 Å². The Morgan fingerprint density at radius 1 is 1.37 bits per heavy atom. The van der Waals surface area contributed by atoms with Crippen LogP contribution in [0.4, 0.5) is 5.95 Å². The Hall–Kier alpha value is -2.71. The summed E-state index contributed by atoms with van der Waals surface area (Å²) in [5.74, 6) is 0.961. The van der Waals surface area contributed by atoms with Crippen molar-refractivity contribution in [1.29, 1.82) is 0 Å². The number of nitrogens with zero attached hydrogens (tertiary/aromatic N) is 5. The molecule has 3 aromatic rings. The van der Waals surface area contributed by atoms with Gasteiger partial charge in [-0.15, -0.1) is 10.2 Å². The third-order valence-corrected chi connectivity index (χ3v) is 4.92. The van der Waals surface area contributed by atoms with Gasteiger partial charge in [-0.1, -0.05) is 11.6 Å². The van der Waals surface area contributed by atoms with E-state index in [2.05, 4.69) is 32.4 Å². The number of carbonyl (C=O) groups is 1. The van der Waals surface area contributed by atoms with Gasteiger partial charge < -0.3 is 15.0 Å². The third-order valence-electron chi connectivity index (χ3n) is 4.69. The van der Waals surface area contributed by atoms with E-state index in [4.69, 9.17) is 16.3 Å². The molecular weight excluding hydrogens is 368 g/mol. The van der Waals surface area contributed by atoms with Crippen molar-refractivity contribution in [3.8, 4) is 17.0 Å². The lowest BCUT2D eigenvalue weighted by atomic mass is 10.1. The van der Waals surface area contributed by atoms with Gasteiger partial charge in [0.15, 0.2) is 0 Å². The number of aromatic nitrogens is 4. The number of hydrogen-bond acceptors (Lipinski definition) is 7. The molecule has 0 unspecified atom stereocenters. The molecule has 1 aliphatic heterocycles. The van der Waals surface area contributed by atoms with E-state index in [0.29, 0.717) is 40.5 Å². The molecule has 1 saturated heterocycles. The van der Waals surface area contributed by atoms with Crippen molar-refractivity contribution in [3.63, 3.8) is 0 Å². The Morgan fingerprint density at radius 2 is 2.26 bits per heavy atom. The van der Waals surface area contributed by atoms with Crippen LogP contribution < -0.4 is 10.1 Å². The standard InChI is InChI=1S/C18H19ClN6O2/c1-24-6-2-3-13(9-24)21-18-23-22-17(15-8-20-10-25(15)18)14-5-4-12(19)7-16(14)27-11-26/h4-5,7-8,10-11,13H,2-3,6,9H2,1H3,(H,21,23)/t13-/m1/s1. The molecule has 0 amide bonds. The Bertz CT molecular complexity index is 976. The minimum atomic E-state index is 0.305. The Morgan fingerprint density at radius 3 is 3.07 bits per heavy atom. The number of rotatable bonds is 5. The number of benzene rings is 1. The van der Waals surface area contributed by atoms with Gasteiger partial charge in [-0.2, -0.15) is 0 Å². The van der Waals surface area contributed by atoms with Crippen molar-refractivity contribution >= 4 is 29.5 Å². The van der Waals surface area contributed by atoms with Crippen molar-refractivity contribution in [1.82, 2.24) is 24.5 Å². The van der Waals surface area contributed by atoms with E-state index in [-0.39, 0.29) is 0 Å². The van der Waals surface area contributed by atoms with E-state index in [0.717, 1.165) is 31.4 Å². The number of likely N-dealkylation sites (N-methyl/N-ethyl adjacent to an activating group) is 1. The molecule has 2 aromatic heterocycles. The SMILES string of the molecule is CN1CCC[C@@H](Nc2nnc(-c3ccc(Cl)cc3OC=O)c3cncn23)C1. The van der Waals surface area contributed by atoms with Crippen molar-refractivity contribution in [2.24, 2.45) is 0 Å². The lowest BCUT2D eigenvalue weighted by molar-refractivity contribution is -0.120. The van der Waals surface area contributed by atoms with E-state index in [1.165, 1.54) is 0 Å². The van der Waals surface area contributed by atoms with Crippen LogP contribution in [0.1, 0.15) is 12.8 Å². The van der Waals surface area contributed by atoms with E-state index in [1.807, 2.05) is 4.40 Å². The van der Waals surface area contributed by atoms with Crippen LogP contribution in [0.3, 0.4) is 0 Å². The second-order valence-corrected chi connectivity index (χ2v) is 7.06. The molecule has 0 saturated carbocycles.